The fourth-order valence-corrected chi connectivity index (χ4v) is 1.20. The van der Waals surface area contributed by atoms with Gasteiger partial charge in [-0.2, -0.15) is 0 Å². The van der Waals surface area contributed by atoms with Crippen molar-refractivity contribution >= 4 is 11.9 Å². The topological polar surface area (TPSA) is 95.9 Å². The minimum absolute atomic E-state index is 0.0611. The Labute approximate surface area is 100 Å². The summed E-state index contributed by atoms with van der Waals surface area (Å²) in [7, 11) is 0. The number of carboxylic acid groups (broad SMARTS) is 1. The summed E-state index contributed by atoms with van der Waals surface area (Å²) in [5, 5.41) is 19.8. The normalized spacial score (nSPS) is 11.8. The molecule has 0 aliphatic rings. The minimum Gasteiger partial charge on any atom is -0.481 e. The molecule has 0 spiro atoms. The minimum atomic E-state index is -1.00. The van der Waals surface area contributed by atoms with Gasteiger partial charge in [-0.3, -0.25) is 9.59 Å². The van der Waals surface area contributed by atoms with Gasteiger partial charge in [0.05, 0.1) is 25.7 Å². The molecule has 6 heteroatoms. The highest BCUT2D eigenvalue weighted by molar-refractivity contribution is 5.82. The van der Waals surface area contributed by atoms with Gasteiger partial charge < -0.3 is 20.3 Å². The maximum Gasteiger partial charge on any atom is 0.307 e. The van der Waals surface area contributed by atoms with E-state index in [1.54, 1.807) is 0 Å². The van der Waals surface area contributed by atoms with E-state index in [2.05, 4.69) is 11.9 Å². The smallest absolute Gasteiger partial charge is 0.307 e. The number of aliphatic carboxylic acids is 1. The Morgan fingerprint density at radius 2 is 2.12 bits per heavy atom. The van der Waals surface area contributed by atoms with Crippen LogP contribution < -0.4 is 5.32 Å². The van der Waals surface area contributed by atoms with Crippen molar-refractivity contribution in [2.24, 2.45) is 5.92 Å². The lowest BCUT2D eigenvalue weighted by Crippen LogP contribution is -2.30. The molecular formula is C11H19NO5. The molecule has 0 rings (SSSR count). The molecule has 0 aromatic heterocycles. The van der Waals surface area contributed by atoms with Gasteiger partial charge in [-0.05, 0) is 6.42 Å². The second-order valence-electron chi connectivity index (χ2n) is 3.45. The second kappa shape index (κ2) is 9.80. The second-order valence-corrected chi connectivity index (χ2v) is 3.45. The molecule has 6 nitrogen and oxygen atoms in total. The highest BCUT2D eigenvalue weighted by Crippen LogP contribution is 2.09. The highest BCUT2D eigenvalue weighted by atomic mass is 16.5. The number of hydrogen-bond donors (Lipinski definition) is 3. The Morgan fingerprint density at radius 1 is 1.41 bits per heavy atom. The Balaban J connectivity index is 3.75. The lowest BCUT2D eigenvalue weighted by molar-refractivity contribution is -0.143. The number of amides is 1. The van der Waals surface area contributed by atoms with E-state index in [9.17, 15) is 9.59 Å². The lowest BCUT2D eigenvalue weighted by Gasteiger charge is -2.10. The van der Waals surface area contributed by atoms with E-state index in [0.29, 0.717) is 13.2 Å². The Kier molecular flexibility index (Phi) is 8.99. The maximum absolute atomic E-state index is 11.4. The molecule has 0 saturated carbocycles. The number of ether oxygens (including phenoxy) is 1. The molecule has 0 fully saturated rings. The number of aliphatic hydroxyl groups excluding tert-OH is 1. The zero-order valence-corrected chi connectivity index (χ0v) is 9.72. The van der Waals surface area contributed by atoms with Gasteiger partial charge >= 0.3 is 5.97 Å². The van der Waals surface area contributed by atoms with E-state index in [4.69, 9.17) is 14.9 Å². The Hall–Kier alpha value is -1.40. The number of nitrogens with one attached hydrogen (secondary N) is 1. The van der Waals surface area contributed by atoms with Crippen molar-refractivity contribution in [1.82, 2.24) is 5.32 Å². The summed E-state index contributed by atoms with van der Waals surface area (Å²) in [6.45, 7) is 4.21. The first-order valence-corrected chi connectivity index (χ1v) is 5.40. The summed E-state index contributed by atoms with van der Waals surface area (Å²) in [5.41, 5.74) is 0. The summed E-state index contributed by atoms with van der Waals surface area (Å²) in [5.74, 6) is -2.06. The molecule has 98 valence electrons. The van der Waals surface area contributed by atoms with Gasteiger partial charge in [0.1, 0.15) is 0 Å². The van der Waals surface area contributed by atoms with Crippen LogP contribution in [0, 0.1) is 5.92 Å². The number of rotatable bonds is 10. The van der Waals surface area contributed by atoms with Gasteiger partial charge in [0, 0.05) is 13.0 Å². The van der Waals surface area contributed by atoms with E-state index in [0.717, 1.165) is 0 Å². The van der Waals surface area contributed by atoms with Gasteiger partial charge in [0.25, 0.3) is 0 Å². The van der Waals surface area contributed by atoms with Crippen molar-refractivity contribution in [3.05, 3.63) is 12.7 Å². The summed E-state index contributed by atoms with van der Waals surface area (Å²) in [6.07, 6.45) is 1.68. The first kappa shape index (κ1) is 15.6. The predicted octanol–water partition coefficient (Wildman–Crippen LogP) is -0.221. The maximum atomic E-state index is 11.4. The van der Waals surface area contributed by atoms with Crippen LogP contribution in [0.2, 0.25) is 0 Å². The number of carboxylic acids is 1. The third-order valence-electron chi connectivity index (χ3n) is 2.04. The SMILES string of the molecule is C=CC[C@H](CC(=O)NCCOCCO)C(=O)O. The van der Waals surface area contributed by atoms with Crippen LogP contribution in [0.5, 0.6) is 0 Å². The summed E-state index contributed by atoms with van der Waals surface area (Å²) < 4.78 is 4.94. The third kappa shape index (κ3) is 8.41. The van der Waals surface area contributed by atoms with Crippen molar-refractivity contribution in [2.75, 3.05) is 26.4 Å². The molecule has 0 heterocycles. The van der Waals surface area contributed by atoms with Crippen LogP contribution >= 0.6 is 0 Å². The number of carbonyl (C=O) groups excluding carboxylic acids is 1. The van der Waals surface area contributed by atoms with Crippen LogP contribution in [0.1, 0.15) is 12.8 Å². The van der Waals surface area contributed by atoms with Crippen molar-refractivity contribution in [3.63, 3.8) is 0 Å². The summed E-state index contributed by atoms with van der Waals surface area (Å²) in [6, 6.07) is 0. The number of aliphatic hydroxyl groups is 1. The van der Waals surface area contributed by atoms with E-state index in [-0.39, 0.29) is 32.0 Å². The van der Waals surface area contributed by atoms with Crippen molar-refractivity contribution in [2.45, 2.75) is 12.8 Å². The van der Waals surface area contributed by atoms with Gasteiger partial charge in [0.15, 0.2) is 0 Å². The first-order valence-electron chi connectivity index (χ1n) is 5.40. The summed E-state index contributed by atoms with van der Waals surface area (Å²) >= 11 is 0. The molecule has 0 saturated heterocycles. The standard InChI is InChI=1S/C11H19NO5/c1-2-3-9(11(15)16)8-10(14)12-4-6-17-7-5-13/h2,9,13H,1,3-8H2,(H,12,14)(H,15,16)/t9-/m1/s1. The molecule has 17 heavy (non-hydrogen) atoms. The average molecular weight is 245 g/mol. The Morgan fingerprint density at radius 3 is 2.65 bits per heavy atom. The van der Waals surface area contributed by atoms with E-state index >= 15 is 0 Å². The van der Waals surface area contributed by atoms with Gasteiger partial charge in [-0.15, -0.1) is 6.58 Å². The molecule has 0 aromatic rings. The zero-order valence-electron chi connectivity index (χ0n) is 9.72. The van der Waals surface area contributed by atoms with E-state index < -0.39 is 11.9 Å². The Bertz CT molecular complexity index is 254. The van der Waals surface area contributed by atoms with Crippen LogP contribution in [0.15, 0.2) is 12.7 Å². The van der Waals surface area contributed by atoms with E-state index in [1.807, 2.05) is 0 Å². The predicted molar refractivity (Wildman–Crippen MR) is 61.5 cm³/mol. The monoisotopic (exact) mass is 245 g/mol. The van der Waals surface area contributed by atoms with Crippen LogP contribution in [-0.2, 0) is 14.3 Å². The highest BCUT2D eigenvalue weighted by Gasteiger charge is 2.19. The van der Waals surface area contributed by atoms with Crippen LogP contribution in [-0.4, -0.2) is 48.5 Å². The fraction of sp³-hybridized carbons (Fsp3) is 0.636. The van der Waals surface area contributed by atoms with Gasteiger partial charge in [-0.25, -0.2) is 0 Å². The summed E-state index contributed by atoms with van der Waals surface area (Å²) in [4.78, 5) is 22.1. The average Bonchev–Trinajstić information content (AvgIpc) is 2.28. The largest absolute Gasteiger partial charge is 0.481 e. The van der Waals surface area contributed by atoms with Crippen LogP contribution in [0.25, 0.3) is 0 Å². The molecule has 0 aliphatic carbocycles. The van der Waals surface area contributed by atoms with Gasteiger partial charge in [-0.1, -0.05) is 6.08 Å². The quantitative estimate of drug-likeness (QED) is 0.365. The third-order valence-corrected chi connectivity index (χ3v) is 2.04. The van der Waals surface area contributed by atoms with Crippen molar-refractivity contribution in [1.29, 1.82) is 0 Å². The molecule has 0 unspecified atom stereocenters. The zero-order chi connectivity index (χ0) is 13.1. The number of hydrogen-bond acceptors (Lipinski definition) is 4. The number of allylic oxidation sites excluding steroid dienone is 1. The molecule has 0 bridgehead atoms. The molecule has 0 aliphatic heterocycles. The van der Waals surface area contributed by atoms with Gasteiger partial charge in [0.2, 0.25) is 5.91 Å². The van der Waals surface area contributed by atoms with Crippen LogP contribution in [0.4, 0.5) is 0 Å². The number of carbonyl (C=O) groups is 2. The first-order chi connectivity index (χ1) is 8.11. The molecular weight excluding hydrogens is 226 g/mol. The van der Waals surface area contributed by atoms with Crippen molar-refractivity contribution in [3.8, 4) is 0 Å². The lowest BCUT2D eigenvalue weighted by atomic mass is 10.0. The molecule has 1 amide bonds. The molecule has 3 N–H and O–H groups in total. The molecule has 0 aromatic carbocycles. The molecule has 0 radical (unpaired) electrons. The van der Waals surface area contributed by atoms with E-state index in [1.165, 1.54) is 6.08 Å². The fourth-order valence-electron chi connectivity index (χ4n) is 1.20. The van der Waals surface area contributed by atoms with Crippen LogP contribution in [0.3, 0.4) is 0 Å². The molecule has 1 atom stereocenters. The van der Waals surface area contributed by atoms with Crippen molar-refractivity contribution < 1.29 is 24.5 Å².